The maximum absolute atomic E-state index is 6.22. The molecule has 1 atom stereocenters. The molecule has 1 aromatic heterocycles. The predicted molar refractivity (Wildman–Crippen MR) is 85.1 cm³/mol. The van der Waals surface area contributed by atoms with Gasteiger partial charge in [-0.15, -0.1) is 0 Å². The summed E-state index contributed by atoms with van der Waals surface area (Å²) < 4.78 is 5.78. The molecule has 0 bridgehead atoms. The Bertz CT molecular complexity index is 718. The Balaban J connectivity index is 1.73. The molecule has 21 heavy (non-hydrogen) atoms. The van der Waals surface area contributed by atoms with Crippen LogP contribution in [0.1, 0.15) is 36.4 Å². The molecular formula is C18H20N2O. The minimum atomic E-state index is -0.164. The fourth-order valence-electron chi connectivity index (χ4n) is 2.46. The van der Waals surface area contributed by atoms with Crippen LogP contribution < -0.4 is 5.73 Å². The van der Waals surface area contributed by atoms with Crippen molar-refractivity contribution >= 4 is 11.1 Å². The lowest BCUT2D eigenvalue weighted by atomic mass is 10.1. The van der Waals surface area contributed by atoms with Crippen molar-refractivity contribution in [3.05, 3.63) is 65.5 Å². The van der Waals surface area contributed by atoms with Crippen molar-refractivity contribution in [2.24, 2.45) is 5.73 Å². The lowest BCUT2D eigenvalue weighted by Crippen LogP contribution is -2.11. The Labute approximate surface area is 124 Å². The zero-order valence-corrected chi connectivity index (χ0v) is 12.3. The Hall–Kier alpha value is -2.13. The Morgan fingerprint density at radius 1 is 1.10 bits per heavy atom. The van der Waals surface area contributed by atoms with Gasteiger partial charge in [0, 0.05) is 0 Å². The van der Waals surface area contributed by atoms with E-state index >= 15 is 0 Å². The highest BCUT2D eigenvalue weighted by Crippen LogP contribution is 2.23. The van der Waals surface area contributed by atoms with Gasteiger partial charge in [0.2, 0.25) is 5.89 Å². The standard InChI is InChI=1S/C18H20N2O/c1-2-13-9-11-17-16(12-13)20-18(21-17)15(19)10-8-14-6-4-3-5-7-14/h3-7,9,11-12,15H,2,8,10,19H2,1H3. The highest BCUT2D eigenvalue weighted by atomic mass is 16.3. The first kappa shape index (κ1) is 13.8. The molecule has 3 rings (SSSR count). The topological polar surface area (TPSA) is 52.0 Å². The van der Waals surface area contributed by atoms with Crippen LogP contribution in [0.4, 0.5) is 0 Å². The number of hydrogen-bond donors (Lipinski definition) is 1. The van der Waals surface area contributed by atoms with Crippen LogP contribution in [0, 0.1) is 0 Å². The first-order valence-corrected chi connectivity index (χ1v) is 7.45. The summed E-state index contributed by atoms with van der Waals surface area (Å²) in [4.78, 5) is 4.54. The fraction of sp³-hybridized carbons (Fsp3) is 0.278. The van der Waals surface area contributed by atoms with Gasteiger partial charge in [0.15, 0.2) is 5.58 Å². The molecule has 0 radical (unpaired) electrons. The lowest BCUT2D eigenvalue weighted by Gasteiger charge is -2.06. The summed E-state index contributed by atoms with van der Waals surface area (Å²) in [6.45, 7) is 2.13. The fourth-order valence-corrected chi connectivity index (χ4v) is 2.46. The molecule has 2 N–H and O–H groups in total. The highest BCUT2D eigenvalue weighted by molar-refractivity contribution is 5.73. The molecule has 0 saturated heterocycles. The molecule has 0 aliphatic carbocycles. The molecule has 0 aliphatic rings. The van der Waals surface area contributed by atoms with E-state index in [4.69, 9.17) is 10.2 Å². The Morgan fingerprint density at radius 3 is 2.67 bits per heavy atom. The summed E-state index contributed by atoms with van der Waals surface area (Å²) in [5, 5.41) is 0. The van der Waals surface area contributed by atoms with E-state index < -0.39 is 0 Å². The second kappa shape index (κ2) is 6.10. The van der Waals surface area contributed by atoms with Gasteiger partial charge in [-0.05, 0) is 42.5 Å². The number of rotatable bonds is 5. The van der Waals surface area contributed by atoms with E-state index in [-0.39, 0.29) is 6.04 Å². The molecule has 3 nitrogen and oxygen atoms in total. The largest absolute Gasteiger partial charge is 0.439 e. The van der Waals surface area contributed by atoms with E-state index in [1.54, 1.807) is 0 Å². The molecule has 0 saturated carbocycles. The van der Waals surface area contributed by atoms with E-state index in [1.807, 2.05) is 24.3 Å². The van der Waals surface area contributed by atoms with Gasteiger partial charge < -0.3 is 10.2 Å². The third kappa shape index (κ3) is 3.14. The Morgan fingerprint density at radius 2 is 1.90 bits per heavy atom. The van der Waals surface area contributed by atoms with Crippen molar-refractivity contribution in [1.82, 2.24) is 4.98 Å². The molecule has 1 heterocycles. The third-order valence-corrected chi connectivity index (χ3v) is 3.78. The normalized spacial score (nSPS) is 12.7. The van der Waals surface area contributed by atoms with Crippen molar-refractivity contribution in [2.75, 3.05) is 0 Å². The van der Waals surface area contributed by atoms with E-state index in [1.165, 1.54) is 11.1 Å². The monoisotopic (exact) mass is 280 g/mol. The zero-order chi connectivity index (χ0) is 14.7. The number of oxazole rings is 1. The first-order valence-electron chi connectivity index (χ1n) is 7.45. The molecule has 108 valence electrons. The van der Waals surface area contributed by atoms with Crippen LogP contribution in [0.15, 0.2) is 52.9 Å². The maximum Gasteiger partial charge on any atom is 0.212 e. The maximum atomic E-state index is 6.22. The zero-order valence-electron chi connectivity index (χ0n) is 12.3. The molecule has 0 spiro atoms. The molecule has 0 amide bonds. The third-order valence-electron chi connectivity index (χ3n) is 3.78. The number of nitrogens with two attached hydrogens (primary N) is 1. The van der Waals surface area contributed by atoms with Crippen molar-refractivity contribution in [3.63, 3.8) is 0 Å². The smallest absolute Gasteiger partial charge is 0.212 e. The molecule has 2 aromatic carbocycles. The summed E-state index contributed by atoms with van der Waals surface area (Å²) in [5.41, 5.74) is 10.5. The van der Waals surface area contributed by atoms with Crippen molar-refractivity contribution < 1.29 is 4.42 Å². The number of benzene rings is 2. The van der Waals surface area contributed by atoms with E-state index in [2.05, 4.69) is 36.2 Å². The molecule has 1 unspecified atom stereocenters. The van der Waals surface area contributed by atoms with Crippen LogP contribution in [0.2, 0.25) is 0 Å². The summed E-state index contributed by atoms with van der Waals surface area (Å²) in [6.07, 6.45) is 2.76. The highest BCUT2D eigenvalue weighted by Gasteiger charge is 2.14. The lowest BCUT2D eigenvalue weighted by molar-refractivity contribution is 0.459. The second-order valence-corrected chi connectivity index (χ2v) is 5.34. The SMILES string of the molecule is CCc1ccc2oc(C(N)CCc3ccccc3)nc2c1. The molecule has 0 fully saturated rings. The quantitative estimate of drug-likeness (QED) is 0.768. The van der Waals surface area contributed by atoms with Crippen LogP contribution in [0.25, 0.3) is 11.1 Å². The molecule has 0 aliphatic heterocycles. The van der Waals surface area contributed by atoms with Crippen molar-refractivity contribution in [3.8, 4) is 0 Å². The van der Waals surface area contributed by atoms with Crippen LogP contribution in [-0.4, -0.2) is 4.98 Å². The average Bonchev–Trinajstić information content (AvgIpc) is 2.96. The summed E-state index contributed by atoms with van der Waals surface area (Å²) in [5.74, 6) is 0.634. The predicted octanol–water partition coefficient (Wildman–Crippen LogP) is 4.02. The molecule has 3 heteroatoms. The van der Waals surface area contributed by atoms with Crippen molar-refractivity contribution in [1.29, 1.82) is 0 Å². The van der Waals surface area contributed by atoms with Gasteiger partial charge >= 0.3 is 0 Å². The van der Waals surface area contributed by atoms with Gasteiger partial charge in [0.05, 0.1) is 6.04 Å². The number of nitrogens with zero attached hydrogens (tertiary/aromatic N) is 1. The minimum Gasteiger partial charge on any atom is -0.439 e. The number of aryl methyl sites for hydroxylation is 2. The second-order valence-electron chi connectivity index (χ2n) is 5.34. The van der Waals surface area contributed by atoms with Gasteiger partial charge in [0.25, 0.3) is 0 Å². The summed E-state index contributed by atoms with van der Waals surface area (Å²) >= 11 is 0. The van der Waals surface area contributed by atoms with Crippen LogP contribution in [-0.2, 0) is 12.8 Å². The van der Waals surface area contributed by atoms with Crippen molar-refractivity contribution in [2.45, 2.75) is 32.2 Å². The minimum absolute atomic E-state index is 0.164. The van der Waals surface area contributed by atoms with Crippen LogP contribution >= 0.6 is 0 Å². The van der Waals surface area contributed by atoms with Gasteiger partial charge in [0.1, 0.15) is 5.52 Å². The van der Waals surface area contributed by atoms with Crippen LogP contribution in [0.3, 0.4) is 0 Å². The number of hydrogen-bond acceptors (Lipinski definition) is 3. The first-order chi connectivity index (χ1) is 10.3. The van der Waals surface area contributed by atoms with Gasteiger partial charge in [-0.1, -0.05) is 43.3 Å². The molecule has 3 aromatic rings. The van der Waals surface area contributed by atoms with E-state index in [9.17, 15) is 0 Å². The van der Waals surface area contributed by atoms with Gasteiger partial charge in [-0.2, -0.15) is 0 Å². The van der Waals surface area contributed by atoms with E-state index in [0.717, 1.165) is 30.4 Å². The molecular weight excluding hydrogens is 260 g/mol. The van der Waals surface area contributed by atoms with Crippen LogP contribution in [0.5, 0.6) is 0 Å². The Kier molecular flexibility index (Phi) is 4.02. The summed E-state index contributed by atoms with van der Waals surface area (Å²) in [7, 11) is 0. The van der Waals surface area contributed by atoms with E-state index in [0.29, 0.717) is 5.89 Å². The number of fused-ring (bicyclic) bond motifs is 1. The average molecular weight is 280 g/mol. The summed E-state index contributed by atoms with van der Waals surface area (Å²) in [6, 6.07) is 16.3. The number of aromatic nitrogens is 1. The van der Waals surface area contributed by atoms with Gasteiger partial charge in [-0.3, -0.25) is 0 Å². The van der Waals surface area contributed by atoms with Gasteiger partial charge in [-0.25, -0.2) is 4.98 Å².